The van der Waals surface area contributed by atoms with Crippen molar-refractivity contribution in [1.82, 2.24) is 9.80 Å². The Morgan fingerprint density at radius 3 is 2.57 bits per heavy atom. The van der Waals surface area contributed by atoms with Gasteiger partial charge in [0.15, 0.2) is 5.96 Å². The van der Waals surface area contributed by atoms with Crippen molar-refractivity contribution in [3.05, 3.63) is 77.4 Å². The number of nitrogens with two attached hydrogens (primary N) is 1. The number of carbonyl (C=O) groups excluding carboxylic acids is 2. The molecule has 37 heavy (non-hydrogen) atoms. The number of nitrogens with zero attached hydrogens (tertiary/aromatic N) is 2. The van der Waals surface area contributed by atoms with Crippen LogP contribution in [0.2, 0.25) is 0 Å². The molecule has 1 fully saturated rings. The van der Waals surface area contributed by atoms with Gasteiger partial charge in [-0.05, 0) is 47.7 Å². The zero-order valence-electron chi connectivity index (χ0n) is 21.2. The van der Waals surface area contributed by atoms with Gasteiger partial charge in [-0.1, -0.05) is 43.0 Å². The quantitative estimate of drug-likeness (QED) is 0.244. The van der Waals surface area contributed by atoms with E-state index in [9.17, 15) is 9.59 Å². The fraction of sp³-hybridized carbons (Fsp3) is 0.393. The van der Waals surface area contributed by atoms with Crippen LogP contribution in [0, 0.1) is 5.41 Å². The monoisotopic (exact) mass is 506 g/mol. The van der Waals surface area contributed by atoms with Gasteiger partial charge in [0.05, 0.1) is 13.2 Å². The van der Waals surface area contributed by atoms with Crippen LogP contribution in [0.25, 0.3) is 0 Å². The SMILES string of the molecule is C=CCOC(=O)N1CCC(Oc2ccc(C(C(=O)OCC)c3ccc4c(c3)CN(C(=N)N)CC4)cc2)C1. The fourth-order valence-electron chi connectivity index (χ4n) is 4.80. The van der Waals surface area contributed by atoms with Crippen molar-refractivity contribution in [2.24, 2.45) is 5.73 Å². The molecule has 3 N–H and O–H groups in total. The van der Waals surface area contributed by atoms with Gasteiger partial charge < -0.3 is 29.7 Å². The molecule has 2 unspecified atom stereocenters. The number of amides is 1. The van der Waals surface area contributed by atoms with Crippen molar-refractivity contribution >= 4 is 18.0 Å². The summed E-state index contributed by atoms with van der Waals surface area (Å²) in [4.78, 5) is 28.5. The van der Waals surface area contributed by atoms with Gasteiger partial charge in [-0.15, -0.1) is 0 Å². The maximum Gasteiger partial charge on any atom is 0.410 e. The lowest BCUT2D eigenvalue weighted by atomic mass is 9.87. The average Bonchev–Trinajstić information content (AvgIpc) is 3.36. The molecule has 1 amide bonds. The summed E-state index contributed by atoms with van der Waals surface area (Å²) < 4.78 is 16.6. The zero-order chi connectivity index (χ0) is 26.4. The molecule has 2 atom stereocenters. The molecule has 2 aromatic carbocycles. The third kappa shape index (κ3) is 6.22. The third-order valence-corrected chi connectivity index (χ3v) is 6.68. The number of carbonyl (C=O) groups is 2. The minimum atomic E-state index is -0.589. The van der Waals surface area contributed by atoms with Crippen LogP contribution in [0.3, 0.4) is 0 Å². The molecule has 2 aromatic rings. The molecule has 2 aliphatic rings. The van der Waals surface area contributed by atoms with Crippen LogP contribution in [0.15, 0.2) is 55.1 Å². The predicted molar refractivity (Wildman–Crippen MR) is 140 cm³/mol. The maximum absolute atomic E-state index is 13.0. The van der Waals surface area contributed by atoms with E-state index in [1.807, 2.05) is 41.3 Å². The molecule has 0 aliphatic carbocycles. The molecule has 0 aromatic heterocycles. The Labute approximate surface area is 217 Å². The van der Waals surface area contributed by atoms with Gasteiger partial charge in [0, 0.05) is 26.1 Å². The first-order chi connectivity index (χ1) is 17.9. The van der Waals surface area contributed by atoms with E-state index in [4.69, 9.17) is 25.4 Å². The van der Waals surface area contributed by atoms with Crippen LogP contribution < -0.4 is 10.5 Å². The molecule has 0 bridgehead atoms. The van der Waals surface area contributed by atoms with Crippen LogP contribution in [-0.2, 0) is 27.2 Å². The van der Waals surface area contributed by atoms with Crippen LogP contribution in [-0.4, -0.2) is 66.8 Å². The summed E-state index contributed by atoms with van der Waals surface area (Å²) >= 11 is 0. The summed E-state index contributed by atoms with van der Waals surface area (Å²) in [6.45, 7) is 8.09. The Morgan fingerprint density at radius 1 is 1.11 bits per heavy atom. The number of hydrogen-bond acceptors (Lipinski definition) is 6. The second kappa shape index (κ2) is 11.8. The van der Waals surface area contributed by atoms with E-state index in [-0.39, 0.29) is 37.3 Å². The highest BCUT2D eigenvalue weighted by molar-refractivity contribution is 5.82. The molecular weight excluding hydrogens is 472 g/mol. The largest absolute Gasteiger partial charge is 0.489 e. The minimum Gasteiger partial charge on any atom is -0.489 e. The van der Waals surface area contributed by atoms with E-state index < -0.39 is 5.92 Å². The number of guanidine groups is 1. The van der Waals surface area contributed by atoms with E-state index in [0.717, 1.165) is 23.1 Å². The first kappa shape index (κ1) is 26.1. The molecule has 9 heteroatoms. The first-order valence-electron chi connectivity index (χ1n) is 12.6. The average molecular weight is 507 g/mol. The lowest BCUT2D eigenvalue weighted by molar-refractivity contribution is -0.143. The summed E-state index contributed by atoms with van der Waals surface area (Å²) in [7, 11) is 0. The molecule has 9 nitrogen and oxygen atoms in total. The Balaban J connectivity index is 1.49. The van der Waals surface area contributed by atoms with Crippen molar-refractivity contribution in [2.75, 3.05) is 32.8 Å². The number of nitrogens with one attached hydrogen (secondary N) is 1. The number of likely N-dealkylation sites (tertiary alicyclic amines) is 1. The zero-order valence-corrected chi connectivity index (χ0v) is 21.2. The first-order valence-corrected chi connectivity index (χ1v) is 12.6. The van der Waals surface area contributed by atoms with E-state index in [0.29, 0.717) is 38.3 Å². The summed E-state index contributed by atoms with van der Waals surface area (Å²) in [5.41, 5.74) is 9.60. The summed E-state index contributed by atoms with van der Waals surface area (Å²) in [5, 5.41) is 7.77. The normalized spacial score (nSPS) is 17.5. The van der Waals surface area contributed by atoms with Gasteiger partial charge in [0.2, 0.25) is 0 Å². The molecule has 0 radical (unpaired) electrons. The number of benzene rings is 2. The Morgan fingerprint density at radius 2 is 1.86 bits per heavy atom. The van der Waals surface area contributed by atoms with Crippen LogP contribution in [0.4, 0.5) is 4.79 Å². The smallest absolute Gasteiger partial charge is 0.410 e. The fourth-order valence-corrected chi connectivity index (χ4v) is 4.80. The van der Waals surface area contributed by atoms with E-state index >= 15 is 0 Å². The van der Waals surface area contributed by atoms with E-state index in [2.05, 4.69) is 12.6 Å². The van der Waals surface area contributed by atoms with Crippen LogP contribution >= 0.6 is 0 Å². The predicted octanol–water partition coefficient (Wildman–Crippen LogP) is 3.41. The molecule has 4 rings (SSSR count). The highest BCUT2D eigenvalue weighted by Crippen LogP contribution is 2.31. The molecule has 2 aliphatic heterocycles. The number of fused-ring (bicyclic) bond motifs is 1. The van der Waals surface area contributed by atoms with Gasteiger partial charge in [-0.25, -0.2) is 4.79 Å². The lowest BCUT2D eigenvalue weighted by Gasteiger charge is -2.30. The second-order valence-corrected chi connectivity index (χ2v) is 9.18. The number of rotatable bonds is 8. The van der Waals surface area contributed by atoms with Crippen molar-refractivity contribution in [3.8, 4) is 5.75 Å². The lowest BCUT2D eigenvalue weighted by Crippen LogP contribution is -2.40. The number of hydrogen-bond donors (Lipinski definition) is 2. The van der Waals surface area contributed by atoms with Crippen molar-refractivity contribution in [2.45, 2.75) is 38.3 Å². The van der Waals surface area contributed by atoms with Gasteiger partial charge in [-0.3, -0.25) is 10.2 Å². The van der Waals surface area contributed by atoms with E-state index in [1.165, 1.54) is 11.6 Å². The summed E-state index contributed by atoms with van der Waals surface area (Å²) in [6.07, 6.45) is 2.56. The topological polar surface area (TPSA) is 118 Å². The van der Waals surface area contributed by atoms with Gasteiger partial charge in [-0.2, -0.15) is 0 Å². The standard InChI is InChI=1S/C28H34N4O5/c1-3-15-36-28(34)32-14-12-24(18-32)37-23-9-7-20(8-10-23)25(26(33)35-4-2)21-6-5-19-11-13-31(27(29)30)17-22(19)16-21/h3,5-10,16,24-25H,1,4,11-15,17-18H2,2H3,(H3,29,30). The molecule has 1 saturated heterocycles. The molecule has 196 valence electrons. The van der Waals surface area contributed by atoms with Crippen LogP contribution in [0.5, 0.6) is 5.75 Å². The van der Waals surface area contributed by atoms with Crippen molar-refractivity contribution in [1.29, 1.82) is 5.41 Å². The Kier molecular flexibility index (Phi) is 8.32. The number of esters is 1. The molecule has 2 heterocycles. The molecular formula is C28H34N4O5. The maximum atomic E-state index is 13.0. The van der Waals surface area contributed by atoms with Crippen LogP contribution in [0.1, 0.15) is 41.5 Å². The highest BCUT2D eigenvalue weighted by Gasteiger charge is 2.29. The molecule has 0 spiro atoms. The van der Waals surface area contributed by atoms with Gasteiger partial charge in [0.25, 0.3) is 0 Å². The van der Waals surface area contributed by atoms with Gasteiger partial charge in [0.1, 0.15) is 24.4 Å². The minimum absolute atomic E-state index is 0.0487. The van der Waals surface area contributed by atoms with Crippen molar-refractivity contribution < 1.29 is 23.8 Å². The molecule has 0 saturated carbocycles. The number of ether oxygens (including phenoxy) is 3. The summed E-state index contributed by atoms with van der Waals surface area (Å²) in [5.74, 6) is -0.193. The van der Waals surface area contributed by atoms with Gasteiger partial charge >= 0.3 is 12.1 Å². The van der Waals surface area contributed by atoms with E-state index in [1.54, 1.807) is 11.8 Å². The Hall–Kier alpha value is -4.01. The van der Waals surface area contributed by atoms with Crippen molar-refractivity contribution in [3.63, 3.8) is 0 Å². The Bertz CT molecular complexity index is 1150. The third-order valence-electron chi connectivity index (χ3n) is 6.68. The summed E-state index contributed by atoms with van der Waals surface area (Å²) in [6, 6.07) is 13.5. The second-order valence-electron chi connectivity index (χ2n) is 9.18. The highest BCUT2D eigenvalue weighted by atomic mass is 16.6.